The highest BCUT2D eigenvalue weighted by atomic mass is 16.2. The van der Waals surface area contributed by atoms with E-state index in [4.69, 9.17) is 0 Å². The average Bonchev–Trinajstić information content (AvgIpc) is 2.32. The Hall–Kier alpha value is -0.570. The van der Waals surface area contributed by atoms with Gasteiger partial charge in [-0.1, -0.05) is 26.7 Å². The average molecular weight is 256 g/mol. The van der Waals surface area contributed by atoms with E-state index in [9.17, 15) is 4.79 Å². The van der Waals surface area contributed by atoms with E-state index in [1.165, 1.54) is 12.8 Å². The van der Waals surface area contributed by atoms with E-state index in [1.807, 2.05) is 0 Å². The van der Waals surface area contributed by atoms with E-state index in [0.29, 0.717) is 12.3 Å². The molecule has 3 nitrogen and oxygen atoms in total. The molecule has 0 saturated heterocycles. The smallest absolute Gasteiger partial charge is 0.222 e. The first-order valence-electron chi connectivity index (χ1n) is 7.54. The van der Waals surface area contributed by atoms with Gasteiger partial charge < -0.3 is 9.80 Å². The molecular formula is C15H32N2O. The van der Waals surface area contributed by atoms with Crippen LogP contribution < -0.4 is 0 Å². The molecule has 0 fully saturated rings. The van der Waals surface area contributed by atoms with Crippen LogP contribution in [0.25, 0.3) is 0 Å². The molecule has 0 heterocycles. The highest BCUT2D eigenvalue weighted by Crippen LogP contribution is 2.05. The summed E-state index contributed by atoms with van der Waals surface area (Å²) in [5, 5.41) is 0. The molecule has 0 rings (SSSR count). The van der Waals surface area contributed by atoms with Crippen molar-refractivity contribution in [2.45, 2.75) is 58.8 Å². The molecule has 0 aromatic heterocycles. The van der Waals surface area contributed by atoms with Gasteiger partial charge in [0.05, 0.1) is 0 Å². The lowest BCUT2D eigenvalue weighted by Crippen LogP contribution is -2.32. The van der Waals surface area contributed by atoms with Crippen molar-refractivity contribution in [3.63, 3.8) is 0 Å². The lowest BCUT2D eigenvalue weighted by Gasteiger charge is -2.22. The molecule has 0 aliphatic rings. The minimum Gasteiger partial charge on any atom is -0.343 e. The zero-order valence-electron chi connectivity index (χ0n) is 12.9. The number of unbranched alkanes of at least 4 members (excludes halogenated alkanes) is 3. The van der Waals surface area contributed by atoms with E-state index < -0.39 is 0 Å². The Balaban J connectivity index is 3.82. The molecule has 0 unspecified atom stereocenters. The van der Waals surface area contributed by atoms with Crippen LogP contribution in [0.5, 0.6) is 0 Å². The van der Waals surface area contributed by atoms with Crippen molar-refractivity contribution in [2.24, 2.45) is 0 Å². The third-order valence-electron chi connectivity index (χ3n) is 3.13. The quantitative estimate of drug-likeness (QED) is 0.530. The van der Waals surface area contributed by atoms with Gasteiger partial charge >= 0.3 is 0 Å². The van der Waals surface area contributed by atoms with Crippen LogP contribution in [0, 0.1) is 0 Å². The monoisotopic (exact) mass is 256 g/mol. The minimum absolute atomic E-state index is 0.346. The molecule has 1 amide bonds. The number of carbonyl (C=O) groups is 1. The zero-order valence-corrected chi connectivity index (χ0v) is 12.9. The lowest BCUT2D eigenvalue weighted by atomic mass is 10.2. The van der Waals surface area contributed by atoms with Crippen LogP contribution in [0.3, 0.4) is 0 Å². The van der Waals surface area contributed by atoms with Gasteiger partial charge in [0.1, 0.15) is 0 Å². The maximum Gasteiger partial charge on any atom is 0.222 e. The molecule has 0 saturated carbocycles. The molecule has 108 valence electrons. The Morgan fingerprint density at radius 3 is 2.00 bits per heavy atom. The summed E-state index contributed by atoms with van der Waals surface area (Å²) in [7, 11) is 4.22. The Labute approximate surface area is 114 Å². The molecule has 0 aromatic rings. The summed E-state index contributed by atoms with van der Waals surface area (Å²) in [4.78, 5) is 16.2. The number of rotatable bonds is 11. The standard InChI is InChI=1S/C15H32N2O/c1-5-7-13-17(15(18)11-6-2)14-10-8-9-12-16(3)4/h5-14H2,1-4H3. The Kier molecular flexibility index (Phi) is 11.2. The number of nitrogens with zero attached hydrogens (tertiary/aromatic N) is 2. The van der Waals surface area contributed by atoms with Gasteiger partial charge in [0.25, 0.3) is 0 Å². The highest BCUT2D eigenvalue weighted by molar-refractivity contribution is 5.76. The first kappa shape index (κ1) is 17.4. The van der Waals surface area contributed by atoms with Gasteiger partial charge in [-0.25, -0.2) is 0 Å². The van der Waals surface area contributed by atoms with E-state index in [-0.39, 0.29) is 0 Å². The summed E-state index contributed by atoms with van der Waals surface area (Å²) in [5.41, 5.74) is 0. The molecule has 18 heavy (non-hydrogen) atoms. The molecule has 0 N–H and O–H groups in total. The maximum atomic E-state index is 11.9. The second-order valence-corrected chi connectivity index (χ2v) is 5.35. The zero-order chi connectivity index (χ0) is 13.8. The number of amides is 1. The van der Waals surface area contributed by atoms with Gasteiger partial charge in [0, 0.05) is 19.5 Å². The number of carbonyl (C=O) groups excluding carboxylic acids is 1. The molecular weight excluding hydrogens is 224 g/mol. The third-order valence-corrected chi connectivity index (χ3v) is 3.13. The summed E-state index contributed by atoms with van der Waals surface area (Å²) in [5.74, 6) is 0.346. The topological polar surface area (TPSA) is 23.6 Å². The Morgan fingerprint density at radius 1 is 0.833 bits per heavy atom. The molecule has 0 aliphatic heterocycles. The van der Waals surface area contributed by atoms with Crippen LogP contribution in [-0.4, -0.2) is 49.4 Å². The lowest BCUT2D eigenvalue weighted by molar-refractivity contribution is -0.131. The van der Waals surface area contributed by atoms with Crippen LogP contribution in [0.2, 0.25) is 0 Å². The fourth-order valence-electron chi connectivity index (χ4n) is 1.99. The number of hydrogen-bond donors (Lipinski definition) is 0. The van der Waals surface area contributed by atoms with Crippen molar-refractivity contribution in [1.82, 2.24) is 9.80 Å². The summed E-state index contributed by atoms with van der Waals surface area (Å²) in [6.07, 6.45) is 7.57. The van der Waals surface area contributed by atoms with Crippen LogP contribution >= 0.6 is 0 Å². The van der Waals surface area contributed by atoms with E-state index >= 15 is 0 Å². The van der Waals surface area contributed by atoms with Crippen molar-refractivity contribution >= 4 is 5.91 Å². The van der Waals surface area contributed by atoms with Crippen molar-refractivity contribution < 1.29 is 4.79 Å². The SMILES string of the molecule is CCCCN(CCCCCN(C)C)C(=O)CCC. The largest absolute Gasteiger partial charge is 0.343 e. The van der Waals surface area contributed by atoms with Gasteiger partial charge in [0.15, 0.2) is 0 Å². The predicted molar refractivity (Wildman–Crippen MR) is 78.8 cm³/mol. The number of hydrogen-bond acceptors (Lipinski definition) is 2. The highest BCUT2D eigenvalue weighted by Gasteiger charge is 2.11. The van der Waals surface area contributed by atoms with E-state index in [0.717, 1.165) is 45.3 Å². The van der Waals surface area contributed by atoms with Gasteiger partial charge in [-0.3, -0.25) is 4.79 Å². The van der Waals surface area contributed by atoms with Crippen LogP contribution in [-0.2, 0) is 4.79 Å². The van der Waals surface area contributed by atoms with E-state index in [1.54, 1.807) is 0 Å². The summed E-state index contributed by atoms with van der Waals surface area (Å²) < 4.78 is 0. The molecule has 0 atom stereocenters. The molecule has 0 radical (unpaired) electrons. The first-order valence-corrected chi connectivity index (χ1v) is 7.54. The van der Waals surface area contributed by atoms with Crippen LogP contribution in [0.1, 0.15) is 58.8 Å². The van der Waals surface area contributed by atoms with Gasteiger partial charge in [-0.15, -0.1) is 0 Å². The summed E-state index contributed by atoms with van der Waals surface area (Å²) >= 11 is 0. The van der Waals surface area contributed by atoms with Gasteiger partial charge in [0.2, 0.25) is 5.91 Å². The Bertz CT molecular complexity index is 205. The third kappa shape index (κ3) is 9.46. The normalized spacial score (nSPS) is 10.9. The van der Waals surface area contributed by atoms with Crippen LogP contribution in [0.4, 0.5) is 0 Å². The van der Waals surface area contributed by atoms with Crippen molar-refractivity contribution in [3.05, 3.63) is 0 Å². The fourth-order valence-corrected chi connectivity index (χ4v) is 1.99. The van der Waals surface area contributed by atoms with Gasteiger partial charge in [-0.05, 0) is 46.3 Å². The van der Waals surface area contributed by atoms with Gasteiger partial charge in [-0.2, -0.15) is 0 Å². The van der Waals surface area contributed by atoms with Crippen molar-refractivity contribution in [2.75, 3.05) is 33.7 Å². The summed E-state index contributed by atoms with van der Waals surface area (Å²) in [6.45, 7) is 7.31. The van der Waals surface area contributed by atoms with Crippen LogP contribution in [0.15, 0.2) is 0 Å². The molecule has 0 spiro atoms. The first-order chi connectivity index (χ1) is 8.61. The van der Waals surface area contributed by atoms with Crippen molar-refractivity contribution in [1.29, 1.82) is 0 Å². The fraction of sp³-hybridized carbons (Fsp3) is 0.933. The molecule has 0 aromatic carbocycles. The summed E-state index contributed by atoms with van der Waals surface area (Å²) in [6, 6.07) is 0. The molecule has 3 heteroatoms. The van der Waals surface area contributed by atoms with Crippen molar-refractivity contribution in [3.8, 4) is 0 Å². The predicted octanol–water partition coefficient (Wildman–Crippen LogP) is 3.15. The maximum absolute atomic E-state index is 11.9. The molecule has 0 bridgehead atoms. The second-order valence-electron chi connectivity index (χ2n) is 5.35. The molecule has 0 aliphatic carbocycles. The van der Waals surface area contributed by atoms with E-state index in [2.05, 4.69) is 37.7 Å². The Morgan fingerprint density at radius 2 is 1.44 bits per heavy atom. The minimum atomic E-state index is 0.346. The second kappa shape index (κ2) is 11.5.